The van der Waals surface area contributed by atoms with Crippen LogP contribution in [0.2, 0.25) is 0 Å². The molecule has 3 aromatic rings. The number of sulfonamides is 1. The molecule has 0 heterocycles. The van der Waals surface area contributed by atoms with E-state index in [0.29, 0.717) is 11.3 Å². The third-order valence-corrected chi connectivity index (χ3v) is 7.00. The van der Waals surface area contributed by atoms with Crippen LogP contribution < -0.4 is 10.1 Å². The van der Waals surface area contributed by atoms with Crippen molar-refractivity contribution in [3.05, 3.63) is 102 Å². The van der Waals surface area contributed by atoms with E-state index in [-0.39, 0.29) is 25.5 Å². The van der Waals surface area contributed by atoms with Gasteiger partial charge in [0, 0.05) is 20.1 Å². The molecular weight excluding hydrogens is 478 g/mol. The normalized spacial score (nSPS) is 12.1. The van der Waals surface area contributed by atoms with Gasteiger partial charge >= 0.3 is 0 Å². The van der Waals surface area contributed by atoms with E-state index in [0.717, 1.165) is 21.7 Å². The second kappa shape index (κ2) is 12.3. The molecule has 9 heteroatoms. The van der Waals surface area contributed by atoms with Crippen LogP contribution in [0.25, 0.3) is 0 Å². The third-order valence-electron chi connectivity index (χ3n) is 5.74. The van der Waals surface area contributed by atoms with Gasteiger partial charge in [0.15, 0.2) is 0 Å². The Kier molecular flexibility index (Phi) is 9.21. The number of nitrogens with zero attached hydrogens (tertiary/aromatic N) is 2. The molecule has 0 aliphatic carbocycles. The largest absolute Gasteiger partial charge is 0.497 e. The minimum absolute atomic E-state index is 0.132. The maximum absolute atomic E-state index is 13.6. The summed E-state index contributed by atoms with van der Waals surface area (Å²) < 4.78 is 30.1. The fourth-order valence-electron chi connectivity index (χ4n) is 3.64. The van der Waals surface area contributed by atoms with Crippen molar-refractivity contribution >= 4 is 21.8 Å². The topological polar surface area (TPSA) is 96.0 Å². The SMILES string of the molecule is COc1ccc(CNC(=O)C(c2ccccc2)N(Cc2ccccc2)C(=O)CN(C)S(C)(=O)=O)cc1. The molecule has 0 spiro atoms. The minimum atomic E-state index is -3.59. The van der Waals surface area contributed by atoms with Crippen LogP contribution in [0.1, 0.15) is 22.7 Å². The van der Waals surface area contributed by atoms with Gasteiger partial charge in [-0.2, -0.15) is 4.31 Å². The van der Waals surface area contributed by atoms with Crippen molar-refractivity contribution in [3.63, 3.8) is 0 Å². The van der Waals surface area contributed by atoms with Crippen LogP contribution in [0.3, 0.4) is 0 Å². The maximum Gasteiger partial charge on any atom is 0.247 e. The number of carbonyl (C=O) groups is 2. The van der Waals surface area contributed by atoms with Gasteiger partial charge in [-0.15, -0.1) is 0 Å². The second-order valence-electron chi connectivity index (χ2n) is 8.41. The van der Waals surface area contributed by atoms with Gasteiger partial charge in [0.1, 0.15) is 11.8 Å². The van der Waals surface area contributed by atoms with Crippen molar-refractivity contribution in [1.29, 1.82) is 0 Å². The van der Waals surface area contributed by atoms with Gasteiger partial charge in [0.25, 0.3) is 0 Å². The Labute approximate surface area is 212 Å². The summed E-state index contributed by atoms with van der Waals surface area (Å²) in [5, 5.41) is 2.93. The second-order valence-corrected chi connectivity index (χ2v) is 10.5. The van der Waals surface area contributed by atoms with Crippen LogP contribution >= 0.6 is 0 Å². The smallest absolute Gasteiger partial charge is 0.247 e. The number of methoxy groups -OCH3 is 1. The van der Waals surface area contributed by atoms with Crippen molar-refractivity contribution < 1.29 is 22.7 Å². The lowest BCUT2D eigenvalue weighted by atomic mass is 10.0. The molecule has 36 heavy (non-hydrogen) atoms. The van der Waals surface area contributed by atoms with Gasteiger partial charge in [-0.25, -0.2) is 8.42 Å². The summed E-state index contributed by atoms with van der Waals surface area (Å²) in [7, 11) is -0.665. The Bertz CT molecular complexity index is 1250. The first kappa shape index (κ1) is 26.9. The molecule has 3 rings (SSSR count). The molecule has 0 aliphatic heterocycles. The van der Waals surface area contributed by atoms with E-state index in [1.807, 2.05) is 60.7 Å². The predicted octanol–water partition coefficient (Wildman–Crippen LogP) is 2.97. The first-order valence-corrected chi connectivity index (χ1v) is 13.2. The van der Waals surface area contributed by atoms with Crippen LogP contribution in [0.4, 0.5) is 0 Å². The number of rotatable bonds is 11. The fourth-order valence-corrected chi connectivity index (χ4v) is 3.98. The Morgan fingerprint density at radius 3 is 2.03 bits per heavy atom. The zero-order chi connectivity index (χ0) is 26.1. The number of amides is 2. The first-order chi connectivity index (χ1) is 17.2. The first-order valence-electron chi connectivity index (χ1n) is 11.4. The molecule has 1 unspecified atom stereocenters. The van der Waals surface area contributed by atoms with Crippen LogP contribution in [0.15, 0.2) is 84.9 Å². The summed E-state index contributed by atoms with van der Waals surface area (Å²) in [5.74, 6) is -0.148. The van der Waals surface area contributed by atoms with Crippen molar-refractivity contribution in [1.82, 2.24) is 14.5 Å². The number of hydrogen-bond acceptors (Lipinski definition) is 5. The molecule has 0 saturated heterocycles. The lowest BCUT2D eigenvalue weighted by molar-refractivity contribution is -0.141. The van der Waals surface area contributed by atoms with E-state index >= 15 is 0 Å². The fraction of sp³-hybridized carbons (Fsp3) is 0.259. The lowest BCUT2D eigenvalue weighted by Crippen LogP contribution is -2.47. The number of benzene rings is 3. The van der Waals surface area contributed by atoms with Crippen molar-refractivity contribution in [3.8, 4) is 5.75 Å². The molecule has 0 aromatic heterocycles. The Morgan fingerprint density at radius 2 is 1.47 bits per heavy atom. The maximum atomic E-state index is 13.6. The molecule has 190 valence electrons. The zero-order valence-electron chi connectivity index (χ0n) is 20.6. The van der Waals surface area contributed by atoms with E-state index in [9.17, 15) is 18.0 Å². The van der Waals surface area contributed by atoms with Crippen LogP contribution in [0, 0.1) is 0 Å². The molecule has 0 saturated carbocycles. The molecule has 0 radical (unpaired) electrons. The Morgan fingerprint density at radius 1 is 0.889 bits per heavy atom. The number of ether oxygens (including phenoxy) is 1. The van der Waals surface area contributed by atoms with E-state index < -0.39 is 22.0 Å². The van der Waals surface area contributed by atoms with Gasteiger partial charge in [-0.1, -0.05) is 72.8 Å². The van der Waals surface area contributed by atoms with Gasteiger partial charge in [0.05, 0.1) is 19.9 Å². The molecular formula is C27H31N3O5S. The van der Waals surface area contributed by atoms with Gasteiger partial charge in [-0.3, -0.25) is 9.59 Å². The van der Waals surface area contributed by atoms with Crippen molar-refractivity contribution in [2.45, 2.75) is 19.1 Å². The lowest BCUT2D eigenvalue weighted by Gasteiger charge is -2.32. The van der Waals surface area contributed by atoms with Gasteiger partial charge in [0.2, 0.25) is 21.8 Å². The summed E-state index contributed by atoms with van der Waals surface area (Å²) in [6.45, 7) is -0.00365. The Balaban J connectivity index is 1.93. The average Bonchev–Trinajstić information content (AvgIpc) is 2.88. The molecule has 1 N–H and O–H groups in total. The highest BCUT2D eigenvalue weighted by Crippen LogP contribution is 2.24. The van der Waals surface area contributed by atoms with Crippen LogP contribution in [-0.2, 0) is 32.7 Å². The van der Waals surface area contributed by atoms with Gasteiger partial charge < -0.3 is 15.0 Å². The molecule has 0 aliphatic rings. The molecule has 0 bridgehead atoms. The Hall–Kier alpha value is -3.69. The summed E-state index contributed by atoms with van der Waals surface area (Å²) in [6, 6.07) is 24.6. The van der Waals surface area contributed by atoms with E-state index in [4.69, 9.17) is 4.74 Å². The molecule has 0 fully saturated rings. The molecule has 1 atom stereocenters. The quantitative estimate of drug-likeness (QED) is 0.429. The summed E-state index contributed by atoms with van der Waals surface area (Å²) in [5.41, 5.74) is 2.31. The molecule has 3 aromatic carbocycles. The van der Waals surface area contributed by atoms with Crippen LogP contribution in [-0.4, -0.2) is 56.4 Å². The number of carbonyl (C=O) groups excluding carboxylic acids is 2. The summed E-state index contributed by atoms with van der Waals surface area (Å²) in [4.78, 5) is 28.5. The molecule has 2 amide bonds. The highest BCUT2D eigenvalue weighted by molar-refractivity contribution is 7.88. The monoisotopic (exact) mass is 509 g/mol. The predicted molar refractivity (Wildman–Crippen MR) is 138 cm³/mol. The van der Waals surface area contributed by atoms with Gasteiger partial charge in [-0.05, 0) is 28.8 Å². The number of nitrogens with one attached hydrogen (secondary N) is 1. The summed E-state index contributed by atoms with van der Waals surface area (Å²) >= 11 is 0. The van der Waals surface area contributed by atoms with E-state index in [1.165, 1.54) is 11.9 Å². The highest BCUT2D eigenvalue weighted by atomic mass is 32.2. The number of hydrogen-bond donors (Lipinski definition) is 1. The number of likely N-dealkylation sites (N-methyl/N-ethyl adjacent to an activating group) is 1. The van der Waals surface area contributed by atoms with E-state index in [1.54, 1.807) is 31.4 Å². The average molecular weight is 510 g/mol. The van der Waals surface area contributed by atoms with Crippen molar-refractivity contribution in [2.75, 3.05) is 27.0 Å². The zero-order valence-corrected chi connectivity index (χ0v) is 21.4. The minimum Gasteiger partial charge on any atom is -0.497 e. The van der Waals surface area contributed by atoms with Crippen LogP contribution in [0.5, 0.6) is 5.75 Å². The van der Waals surface area contributed by atoms with Crippen molar-refractivity contribution in [2.24, 2.45) is 0 Å². The van der Waals surface area contributed by atoms with E-state index in [2.05, 4.69) is 5.32 Å². The standard InChI is InChI=1S/C27H31N3O5S/c1-29(36(3,33)34)20-25(31)30(19-22-10-6-4-7-11-22)26(23-12-8-5-9-13-23)27(32)28-18-21-14-16-24(35-2)17-15-21/h4-17,26H,18-20H2,1-3H3,(H,28,32). The third kappa shape index (κ3) is 7.40. The summed E-state index contributed by atoms with van der Waals surface area (Å²) in [6.07, 6.45) is 1.04. The molecule has 8 nitrogen and oxygen atoms in total. The highest BCUT2D eigenvalue weighted by Gasteiger charge is 2.32.